The lowest BCUT2D eigenvalue weighted by atomic mass is 10.1. The van der Waals surface area contributed by atoms with Crippen LogP contribution >= 0.6 is 35.3 Å². The lowest BCUT2D eigenvalue weighted by Crippen LogP contribution is -2.48. The summed E-state index contributed by atoms with van der Waals surface area (Å²) in [5, 5.41) is 10.4. The molecule has 3 heterocycles. The monoisotopic (exact) mass is 457 g/mol. The summed E-state index contributed by atoms with van der Waals surface area (Å²) in [5.41, 5.74) is 1.02. The van der Waals surface area contributed by atoms with Crippen LogP contribution in [0, 0.1) is 0 Å². The van der Waals surface area contributed by atoms with Crippen LogP contribution in [0.3, 0.4) is 0 Å². The minimum Gasteiger partial charge on any atom is -0.363 e. The number of aliphatic imine (C=N–C) groups is 1. The van der Waals surface area contributed by atoms with E-state index in [1.165, 1.54) is 5.00 Å². The van der Waals surface area contributed by atoms with Gasteiger partial charge < -0.3 is 15.5 Å². The molecule has 0 aromatic carbocycles. The Morgan fingerprint density at radius 2 is 2.12 bits per heavy atom. The highest BCUT2D eigenvalue weighted by molar-refractivity contribution is 14.0. The molecule has 1 saturated heterocycles. The number of rotatable bonds is 4. The molecule has 2 aromatic rings. The van der Waals surface area contributed by atoms with E-state index in [1.54, 1.807) is 0 Å². The van der Waals surface area contributed by atoms with Crippen LogP contribution in [0.15, 0.2) is 46.9 Å². The molecule has 0 spiro atoms. The molecule has 2 N–H and O–H groups in total. The van der Waals surface area contributed by atoms with Gasteiger partial charge in [0.25, 0.3) is 0 Å². The van der Waals surface area contributed by atoms with Crippen LogP contribution < -0.4 is 15.5 Å². The highest BCUT2D eigenvalue weighted by atomic mass is 127. The highest BCUT2D eigenvalue weighted by Crippen LogP contribution is 2.24. The maximum absolute atomic E-state index is 4.32. The molecule has 7 heteroatoms. The highest BCUT2D eigenvalue weighted by Gasteiger charge is 2.20. The van der Waals surface area contributed by atoms with Crippen molar-refractivity contribution in [2.75, 3.05) is 25.0 Å². The predicted molar refractivity (Wildman–Crippen MR) is 113 cm³/mol. The number of halogens is 1. The second-order valence-electron chi connectivity index (χ2n) is 5.60. The van der Waals surface area contributed by atoms with Crippen molar-refractivity contribution in [1.29, 1.82) is 0 Å². The third-order valence-electron chi connectivity index (χ3n) is 4.04. The van der Waals surface area contributed by atoms with Crippen LogP contribution in [-0.4, -0.2) is 37.1 Å². The van der Waals surface area contributed by atoms with Gasteiger partial charge in [0.1, 0.15) is 0 Å². The van der Waals surface area contributed by atoms with E-state index in [1.807, 2.05) is 42.8 Å². The third-order valence-corrected chi connectivity index (χ3v) is 4.97. The molecule has 24 heavy (non-hydrogen) atoms. The fraction of sp³-hybridized carbons (Fsp3) is 0.412. The topological polar surface area (TPSA) is 52.6 Å². The molecular weight excluding hydrogens is 433 g/mol. The Morgan fingerprint density at radius 1 is 1.29 bits per heavy atom. The van der Waals surface area contributed by atoms with Gasteiger partial charge in [-0.05, 0) is 42.5 Å². The van der Waals surface area contributed by atoms with Gasteiger partial charge >= 0.3 is 0 Å². The van der Waals surface area contributed by atoms with Crippen LogP contribution in [0.5, 0.6) is 0 Å². The average molecular weight is 457 g/mol. The molecule has 0 radical (unpaired) electrons. The fourth-order valence-corrected chi connectivity index (χ4v) is 3.54. The van der Waals surface area contributed by atoms with Gasteiger partial charge in [-0.15, -0.1) is 35.3 Å². The number of anilines is 1. The second kappa shape index (κ2) is 9.83. The van der Waals surface area contributed by atoms with Gasteiger partial charge in [0, 0.05) is 32.4 Å². The minimum absolute atomic E-state index is 0. The summed E-state index contributed by atoms with van der Waals surface area (Å²) in [6.07, 6.45) is 4.07. The zero-order valence-electron chi connectivity index (χ0n) is 13.8. The van der Waals surface area contributed by atoms with Crippen molar-refractivity contribution in [3.63, 3.8) is 0 Å². The molecule has 130 valence electrons. The number of aromatic nitrogens is 1. The molecule has 1 aliphatic rings. The number of pyridine rings is 1. The Kier molecular flexibility index (Phi) is 7.77. The first-order valence-electron chi connectivity index (χ1n) is 8.00. The molecule has 0 atom stereocenters. The van der Waals surface area contributed by atoms with Crippen LogP contribution in [0.4, 0.5) is 5.00 Å². The van der Waals surface area contributed by atoms with Gasteiger partial charge in [0.15, 0.2) is 5.96 Å². The zero-order valence-corrected chi connectivity index (χ0v) is 17.0. The van der Waals surface area contributed by atoms with Crippen molar-refractivity contribution in [2.24, 2.45) is 4.99 Å². The van der Waals surface area contributed by atoms with Crippen molar-refractivity contribution < 1.29 is 0 Å². The Bertz CT molecular complexity index is 609. The van der Waals surface area contributed by atoms with Crippen LogP contribution in [-0.2, 0) is 6.54 Å². The summed E-state index contributed by atoms with van der Waals surface area (Å²) in [6.45, 7) is 2.87. The number of nitrogens with one attached hydrogen (secondary N) is 2. The molecule has 5 nitrogen and oxygen atoms in total. The number of guanidine groups is 1. The van der Waals surface area contributed by atoms with Gasteiger partial charge in [-0.3, -0.25) is 9.98 Å². The molecule has 1 aliphatic heterocycles. The van der Waals surface area contributed by atoms with Crippen LogP contribution in [0.25, 0.3) is 0 Å². The number of hydrogen-bond acceptors (Lipinski definition) is 4. The third kappa shape index (κ3) is 5.34. The molecule has 1 fully saturated rings. The lowest BCUT2D eigenvalue weighted by Gasteiger charge is -2.33. The average Bonchev–Trinajstić information content (AvgIpc) is 3.14. The summed E-state index contributed by atoms with van der Waals surface area (Å²) >= 11 is 1.82. The van der Waals surface area contributed by atoms with E-state index in [9.17, 15) is 0 Å². The van der Waals surface area contributed by atoms with E-state index in [-0.39, 0.29) is 24.0 Å². The Morgan fingerprint density at radius 3 is 2.75 bits per heavy atom. The zero-order chi connectivity index (χ0) is 15.9. The first-order chi connectivity index (χ1) is 11.3. The molecule has 0 aliphatic carbocycles. The Labute approximate surface area is 164 Å². The standard InChI is InChI=1S/C17H23N5S.HI/c1-18-17(20-13-15-5-2-3-9-19-15)21-14-7-10-22(11-8-14)16-6-4-12-23-16;/h2-6,9,12,14H,7-8,10-11,13H2,1H3,(H2,18,20,21);1H. The van der Waals surface area contributed by atoms with Crippen molar-refractivity contribution in [3.8, 4) is 0 Å². The van der Waals surface area contributed by atoms with Crippen molar-refractivity contribution in [1.82, 2.24) is 15.6 Å². The van der Waals surface area contributed by atoms with E-state index in [4.69, 9.17) is 0 Å². The van der Waals surface area contributed by atoms with Gasteiger partial charge in [0.2, 0.25) is 0 Å². The smallest absolute Gasteiger partial charge is 0.191 e. The maximum atomic E-state index is 4.32. The minimum atomic E-state index is 0. The molecule has 0 saturated carbocycles. The fourth-order valence-electron chi connectivity index (χ4n) is 2.76. The van der Waals surface area contributed by atoms with Crippen molar-refractivity contribution >= 4 is 46.3 Å². The van der Waals surface area contributed by atoms with E-state index in [0.717, 1.165) is 37.6 Å². The van der Waals surface area contributed by atoms with Crippen molar-refractivity contribution in [3.05, 3.63) is 47.6 Å². The number of thiophene rings is 1. The summed E-state index contributed by atoms with van der Waals surface area (Å²) in [5.74, 6) is 0.852. The second-order valence-corrected chi connectivity index (χ2v) is 6.53. The molecule has 0 amide bonds. The summed E-state index contributed by atoms with van der Waals surface area (Å²) in [6, 6.07) is 10.7. The number of piperidine rings is 1. The first kappa shape index (κ1) is 19.0. The van der Waals surface area contributed by atoms with Gasteiger partial charge in [-0.1, -0.05) is 6.07 Å². The molecular formula is C17H24IN5S. The quantitative estimate of drug-likeness (QED) is 0.421. The molecule has 3 rings (SSSR count). The summed E-state index contributed by atoms with van der Waals surface area (Å²) < 4.78 is 0. The molecule has 0 unspecified atom stereocenters. The SMILES string of the molecule is CN=C(NCc1ccccn1)NC1CCN(c2cccs2)CC1.I. The predicted octanol–water partition coefficient (Wildman–Crippen LogP) is 3.10. The van der Waals surface area contributed by atoms with Crippen molar-refractivity contribution in [2.45, 2.75) is 25.4 Å². The largest absolute Gasteiger partial charge is 0.363 e. The maximum Gasteiger partial charge on any atom is 0.191 e. The normalized spacial score (nSPS) is 15.7. The first-order valence-corrected chi connectivity index (χ1v) is 8.88. The summed E-state index contributed by atoms with van der Waals surface area (Å²) in [7, 11) is 1.81. The molecule has 2 aromatic heterocycles. The van der Waals surface area contributed by atoms with E-state index < -0.39 is 0 Å². The van der Waals surface area contributed by atoms with Crippen LogP contribution in [0.1, 0.15) is 18.5 Å². The van der Waals surface area contributed by atoms with Gasteiger partial charge in [0.05, 0.1) is 17.2 Å². The van der Waals surface area contributed by atoms with Gasteiger partial charge in [-0.2, -0.15) is 0 Å². The number of nitrogens with zero attached hydrogens (tertiary/aromatic N) is 3. The Hall–Kier alpha value is -1.35. The number of hydrogen-bond donors (Lipinski definition) is 2. The van der Waals surface area contributed by atoms with E-state index in [0.29, 0.717) is 12.6 Å². The summed E-state index contributed by atoms with van der Waals surface area (Å²) in [4.78, 5) is 11.1. The van der Waals surface area contributed by atoms with E-state index >= 15 is 0 Å². The lowest BCUT2D eigenvalue weighted by molar-refractivity contribution is 0.462. The van der Waals surface area contributed by atoms with Crippen LogP contribution in [0.2, 0.25) is 0 Å². The van der Waals surface area contributed by atoms with E-state index in [2.05, 4.69) is 43.0 Å². The Balaban J connectivity index is 0.00000208. The molecule has 0 bridgehead atoms. The van der Waals surface area contributed by atoms with Gasteiger partial charge in [-0.25, -0.2) is 0 Å².